The maximum Gasteiger partial charge on any atom is 0.179 e. The Hall–Kier alpha value is -0.930. The quantitative estimate of drug-likeness (QED) is 0.851. The lowest BCUT2D eigenvalue weighted by Gasteiger charge is -2.29. The maximum absolute atomic E-state index is 6.23. The summed E-state index contributed by atoms with van der Waals surface area (Å²) in [6.07, 6.45) is 5.48. The molecule has 1 N–H and O–H groups in total. The first-order chi connectivity index (χ1) is 10.2. The van der Waals surface area contributed by atoms with Crippen LogP contribution in [0.15, 0.2) is 12.1 Å². The van der Waals surface area contributed by atoms with E-state index >= 15 is 0 Å². The van der Waals surface area contributed by atoms with Crippen LogP contribution in [-0.2, 0) is 6.54 Å². The molecule has 1 fully saturated rings. The van der Waals surface area contributed by atoms with E-state index in [0.29, 0.717) is 16.5 Å². The number of hydrogen-bond acceptors (Lipinski definition) is 3. The van der Waals surface area contributed by atoms with Gasteiger partial charge in [-0.25, -0.2) is 0 Å². The molecule has 1 aromatic carbocycles. The van der Waals surface area contributed by atoms with E-state index in [2.05, 4.69) is 12.2 Å². The summed E-state index contributed by atoms with van der Waals surface area (Å²) in [4.78, 5) is 0. The second-order valence-corrected chi connectivity index (χ2v) is 6.37. The summed E-state index contributed by atoms with van der Waals surface area (Å²) >= 11 is 6.23. The molecule has 0 heterocycles. The molecule has 0 saturated heterocycles. The number of nitrogens with one attached hydrogen (secondary N) is 1. The van der Waals surface area contributed by atoms with Crippen molar-refractivity contribution in [2.24, 2.45) is 11.8 Å². The SMILES string of the molecule is COc1cc(CNCC2CCCCC2C)cc(Cl)c1OC. The highest BCUT2D eigenvalue weighted by Gasteiger charge is 2.20. The van der Waals surface area contributed by atoms with Crippen molar-refractivity contribution < 1.29 is 9.47 Å². The highest BCUT2D eigenvalue weighted by atomic mass is 35.5. The number of ether oxygens (including phenoxy) is 2. The largest absolute Gasteiger partial charge is 0.493 e. The molecule has 3 nitrogen and oxygen atoms in total. The van der Waals surface area contributed by atoms with Gasteiger partial charge >= 0.3 is 0 Å². The van der Waals surface area contributed by atoms with Gasteiger partial charge in [0.05, 0.1) is 19.2 Å². The average molecular weight is 312 g/mol. The van der Waals surface area contributed by atoms with Gasteiger partial charge in [0, 0.05) is 6.54 Å². The molecule has 21 heavy (non-hydrogen) atoms. The van der Waals surface area contributed by atoms with Crippen LogP contribution in [0.2, 0.25) is 5.02 Å². The number of halogens is 1. The Labute approximate surface area is 133 Å². The molecule has 1 saturated carbocycles. The molecular weight excluding hydrogens is 286 g/mol. The maximum atomic E-state index is 6.23. The van der Waals surface area contributed by atoms with Crippen molar-refractivity contribution in [1.82, 2.24) is 5.32 Å². The zero-order chi connectivity index (χ0) is 15.2. The number of methoxy groups -OCH3 is 2. The Bertz CT molecular complexity index is 464. The Balaban J connectivity index is 1.92. The zero-order valence-corrected chi connectivity index (χ0v) is 14.0. The first-order valence-corrected chi connectivity index (χ1v) is 8.14. The molecule has 0 aromatic heterocycles. The summed E-state index contributed by atoms with van der Waals surface area (Å²) in [5.41, 5.74) is 1.13. The highest BCUT2D eigenvalue weighted by Crippen LogP contribution is 2.36. The lowest BCUT2D eigenvalue weighted by molar-refractivity contribution is 0.247. The van der Waals surface area contributed by atoms with E-state index in [4.69, 9.17) is 21.1 Å². The van der Waals surface area contributed by atoms with Crippen LogP contribution in [0.5, 0.6) is 11.5 Å². The first-order valence-electron chi connectivity index (χ1n) is 7.76. The molecule has 1 aliphatic carbocycles. The van der Waals surface area contributed by atoms with Crippen molar-refractivity contribution in [3.8, 4) is 11.5 Å². The van der Waals surface area contributed by atoms with E-state index < -0.39 is 0 Å². The molecule has 0 bridgehead atoms. The molecule has 2 atom stereocenters. The summed E-state index contributed by atoms with van der Waals surface area (Å²) in [5, 5.41) is 4.16. The van der Waals surface area contributed by atoms with E-state index in [1.54, 1.807) is 14.2 Å². The van der Waals surface area contributed by atoms with Crippen LogP contribution < -0.4 is 14.8 Å². The van der Waals surface area contributed by atoms with Crippen LogP contribution in [0.25, 0.3) is 0 Å². The van der Waals surface area contributed by atoms with Gasteiger partial charge in [0.15, 0.2) is 11.5 Å². The van der Waals surface area contributed by atoms with Gasteiger partial charge in [-0.2, -0.15) is 0 Å². The molecule has 0 spiro atoms. The van der Waals surface area contributed by atoms with Crippen molar-refractivity contribution in [2.45, 2.75) is 39.2 Å². The lowest BCUT2D eigenvalue weighted by atomic mass is 9.80. The van der Waals surface area contributed by atoms with Crippen molar-refractivity contribution in [1.29, 1.82) is 0 Å². The second kappa shape index (κ2) is 7.90. The summed E-state index contributed by atoms with van der Waals surface area (Å²) in [5.74, 6) is 2.92. The normalized spacial score (nSPS) is 22.1. The third kappa shape index (κ3) is 4.27. The predicted molar refractivity (Wildman–Crippen MR) is 87.4 cm³/mol. The van der Waals surface area contributed by atoms with Crippen LogP contribution in [0.1, 0.15) is 38.2 Å². The minimum atomic E-state index is 0.597. The van der Waals surface area contributed by atoms with Gasteiger partial charge in [-0.3, -0.25) is 0 Å². The number of benzene rings is 1. The molecule has 118 valence electrons. The summed E-state index contributed by atoms with van der Waals surface area (Å²) in [6.45, 7) is 4.26. The first kappa shape index (κ1) is 16.4. The topological polar surface area (TPSA) is 30.5 Å². The molecular formula is C17H26ClNO2. The molecule has 0 aliphatic heterocycles. The summed E-state index contributed by atoms with van der Waals surface area (Å²) < 4.78 is 10.6. The van der Waals surface area contributed by atoms with Gasteiger partial charge < -0.3 is 14.8 Å². The van der Waals surface area contributed by atoms with Gasteiger partial charge in [-0.1, -0.05) is 37.8 Å². The smallest absolute Gasteiger partial charge is 0.179 e. The van der Waals surface area contributed by atoms with E-state index in [9.17, 15) is 0 Å². The minimum Gasteiger partial charge on any atom is -0.493 e. The van der Waals surface area contributed by atoms with Crippen LogP contribution in [-0.4, -0.2) is 20.8 Å². The lowest BCUT2D eigenvalue weighted by Crippen LogP contribution is -2.29. The average Bonchev–Trinajstić information content (AvgIpc) is 2.48. The molecule has 1 aromatic rings. The third-order valence-electron chi connectivity index (χ3n) is 4.52. The zero-order valence-electron chi connectivity index (χ0n) is 13.2. The van der Waals surface area contributed by atoms with Gasteiger partial charge in [-0.15, -0.1) is 0 Å². The van der Waals surface area contributed by atoms with Crippen molar-refractivity contribution in [3.63, 3.8) is 0 Å². The minimum absolute atomic E-state index is 0.597. The molecule has 0 amide bonds. The van der Waals surface area contributed by atoms with Crippen LogP contribution in [0, 0.1) is 11.8 Å². The molecule has 1 aliphatic rings. The standard InChI is InChI=1S/C17H26ClNO2/c1-12-6-4-5-7-14(12)11-19-10-13-8-15(18)17(21-3)16(9-13)20-2/h8-9,12,14,19H,4-7,10-11H2,1-3H3. The fourth-order valence-corrected chi connectivity index (χ4v) is 3.48. The van der Waals surface area contributed by atoms with Gasteiger partial charge in [0.25, 0.3) is 0 Å². The molecule has 2 rings (SSSR count). The second-order valence-electron chi connectivity index (χ2n) is 5.97. The van der Waals surface area contributed by atoms with Crippen molar-refractivity contribution in [3.05, 3.63) is 22.7 Å². The fraction of sp³-hybridized carbons (Fsp3) is 0.647. The number of hydrogen-bond donors (Lipinski definition) is 1. The van der Waals surface area contributed by atoms with E-state index in [0.717, 1.165) is 30.5 Å². The van der Waals surface area contributed by atoms with Crippen molar-refractivity contribution >= 4 is 11.6 Å². The van der Waals surface area contributed by atoms with E-state index in [-0.39, 0.29) is 0 Å². The fourth-order valence-electron chi connectivity index (χ4n) is 3.17. The monoisotopic (exact) mass is 311 g/mol. The van der Waals surface area contributed by atoms with Crippen LogP contribution >= 0.6 is 11.6 Å². The van der Waals surface area contributed by atoms with Gasteiger partial charge in [-0.05, 0) is 42.5 Å². The van der Waals surface area contributed by atoms with E-state index in [1.165, 1.54) is 25.7 Å². The predicted octanol–water partition coefficient (Wildman–Crippen LogP) is 4.27. The Morgan fingerprint density at radius 1 is 1.19 bits per heavy atom. The van der Waals surface area contributed by atoms with Crippen molar-refractivity contribution in [2.75, 3.05) is 20.8 Å². The molecule has 4 heteroatoms. The van der Waals surface area contributed by atoms with Gasteiger partial charge in [0.1, 0.15) is 0 Å². The number of rotatable bonds is 6. The van der Waals surface area contributed by atoms with Crippen LogP contribution in [0.3, 0.4) is 0 Å². The van der Waals surface area contributed by atoms with E-state index in [1.807, 2.05) is 12.1 Å². The van der Waals surface area contributed by atoms with Crippen LogP contribution in [0.4, 0.5) is 0 Å². The summed E-state index contributed by atoms with van der Waals surface area (Å²) in [6, 6.07) is 3.93. The third-order valence-corrected chi connectivity index (χ3v) is 4.80. The highest BCUT2D eigenvalue weighted by molar-refractivity contribution is 6.32. The Kier molecular flexibility index (Phi) is 6.19. The molecule has 2 unspecified atom stereocenters. The Morgan fingerprint density at radius 3 is 2.62 bits per heavy atom. The molecule has 0 radical (unpaired) electrons. The van der Waals surface area contributed by atoms with Gasteiger partial charge in [0.2, 0.25) is 0 Å². The Morgan fingerprint density at radius 2 is 1.95 bits per heavy atom. The summed E-state index contributed by atoms with van der Waals surface area (Å²) in [7, 11) is 3.24.